The molecule has 0 atom stereocenters. The summed E-state index contributed by atoms with van der Waals surface area (Å²) in [4.78, 5) is 7.62. The molecular formula is C7H13N5O2S. The molecule has 0 unspecified atom stereocenters. The van der Waals surface area contributed by atoms with E-state index >= 15 is 0 Å². The number of aromatic nitrogens is 2. The van der Waals surface area contributed by atoms with Crippen molar-refractivity contribution in [3.05, 3.63) is 12.4 Å². The van der Waals surface area contributed by atoms with Crippen LogP contribution in [0.3, 0.4) is 0 Å². The second-order valence-corrected chi connectivity index (χ2v) is 4.75. The van der Waals surface area contributed by atoms with E-state index in [1.807, 2.05) is 0 Å². The second kappa shape index (κ2) is 4.89. The lowest BCUT2D eigenvalue weighted by Gasteiger charge is -2.05. The summed E-state index contributed by atoms with van der Waals surface area (Å²) in [5.74, 6) is 0.932. The van der Waals surface area contributed by atoms with E-state index in [1.54, 1.807) is 6.07 Å². The molecule has 0 amide bonds. The molecule has 0 bridgehead atoms. The first-order chi connectivity index (χ1) is 6.97. The summed E-state index contributed by atoms with van der Waals surface area (Å²) in [6.07, 6.45) is 2.44. The van der Waals surface area contributed by atoms with E-state index in [4.69, 9.17) is 5.73 Å². The molecule has 0 aromatic carbocycles. The van der Waals surface area contributed by atoms with Crippen LogP contribution in [0.5, 0.6) is 0 Å². The summed E-state index contributed by atoms with van der Waals surface area (Å²) < 4.78 is 23.8. The molecule has 15 heavy (non-hydrogen) atoms. The van der Waals surface area contributed by atoms with Gasteiger partial charge in [-0.3, -0.25) is 0 Å². The number of nitrogens with zero attached hydrogens (tertiary/aromatic N) is 2. The van der Waals surface area contributed by atoms with Crippen molar-refractivity contribution in [3.8, 4) is 0 Å². The van der Waals surface area contributed by atoms with E-state index in [2.05, 4.69) is 20.0 Å². The van der Waals surface area contributed by atoms with Gasteiger partial charge in [0.25, 0.3) is 0 Å². The summed E-state index contributed by atoms with van der Waals surface area (Å²) >= 11 is 0. The van der Waals surface area contributed by atoms with Crippen molar-refractivity contribution in [3.63, 3.8) is 0 Å². The van der Waals surface area contributed by atoms with Crippen molar-refractivity contribution in [1.82, 2.24) is 14.7 Å². The lowest BCUT2D eigenvalue weighted by molar-refractivity contribution is 0.589. The second-order valence-electron chi connectivity index (χ2n) is 2.92. The number of sulfonamides is 1. The average molecular weight is 231 g/mol. The highest BCUT2D eigenvalue weighted by Crippen LogP contribution is 2.03. The Morgan fingerprint density at radius 3 is 2.73 bits per heavy atom. The number of hydrogen-bond donors (Lipinski definition) is 3. The average Bonchev–Trinajstić information content (AvgIpc) is 2.11. The van der Waals surface area contributed by atoms with E-state index in [0.29, 0.717) is 24.7 Å². The molecule has 0 aliphatic heterocycles. The van der Waals surface area contributed by atoms with Crippen LogP contribution in [0, 0.1) is 0 Å². The molecular weight excluding hydrogens is 218 g/mol. The minimum absolute atomic E-state index is 0.294. The van der Waals surface area contributed by atoms with Gasteiger partial charge in [-0.1, -0.05) is 0 Å². The van der Waals surface area contributed by atoms with Gasteiger partial charge in [0.2, 0.25) is 10.0 Å². The van der Waals surface area contributed by atoms with Gasteiger partial charge in [0.05, 0.1) is 6.26 Å². The van der Waals surface area contributed by atoms with Crippen molar-refractivity contribution >= 4 is 21.7 Å². The maximum absolute atomic E-state index is 10.7. The van der Waals surface area contributed by atoms with Gasteiger partial charge in [0.15, 0.2) is 0 Å². The van der Waals surface area contributed by atoms with Crippen LogP contribution in [-0.4, -0.2) is 37.7 Å². The van der Waals surface area contributed by atoms with Crippen LogP contribution in [0.2, 0.25) is 0 Å². The molecule has 84 valence electrons. The molecule has 1 aromatic rings. The summed E-state index contributed by atoms with van der Waals surface area (Å²) in [5, 5.41) is 2.90. The highest BCUT2D eigenvalue weighted by atomic mass is 32.2. The van der Waals surface area contributed by atoms with Gasteiger partial charge < -0.3 is 11.1 Å². The fraction of sp³-hybridized carbons (Fsp3) is 0.429. The molecule has 0 spiro atoms. The Kier molecular flexibility index (Phi) is 3.81. The summed E-state index contributed by atoms with van der Waals surface area (Å²) in [6, 6.07) is 1.57. The molecule has 0 radical (unpaired) electrons. The molecule has 1 rings (SSSR count). The van der Waals surface area contributed by atoms with E-state index in [1.165, 1.54) is 6.33 Å². The predicted molar refractivity (Wildman–Crippen MR) is 57.8 cm³/mol. The first-order valence-electron chi connectivity index (χ1n) is 4.23. The fourth-order valence-electron chi connectivity index (χ4n) is 0.896. The van der Waals surface area contributed by atoms with Crippen molar-refractivity contribution in [2.24, 2.45) is 0 Å². The lowest BCUT2D eigenvalue weighted by Crippen LogP contribution is -2.27. The minimum atomic E-state index is -3.13. The lowest BCUT2D eigenvalue weighted by atomic mass is 10.5. The topological polar surface area (TPSA) is 110 Å². The van der Waals surface area contributed by atoms with Gasteiger partial charge in [-0.15, -0.1) is 0 Å². The molecule has 0 aliphatic rings. The first-order valence-corrected chi connectivity index (χ1v) is 6.12. The number of rotatable bonds is 5. The Hall–Kier alpha value is -1.41. The molecule has 1 heterocycles. The summed E-state index contributed by atoms with van der Waals surface area (Å²) in [7, 11) is -3.13. The quantitative estimate of drug-likeness (QED) is 0.562. The van der Waals surface area contributed by atoms with Crippen LogP contribution >= 0.6 is 0 Å². The zero-order valence-electron chi connectivity index (χ0n) is 8.27. The summed E-state index contributed by atoms with van der Waals surface area (Å²) in [6.45, 7) is 0.728. The predicted octanol–water partition coefficient (Wildman–Crippen LogP) is -0.980. The van der Waals surface area contributed by atoms with E-state index < -0.39 is 10.0 Å². The van der Waals surface area contributed by atoms with Crippen molar-refractivity contribution < 1.29 is 8.42 Å². The highest BCUT2D eigenvalue weighted by molar-refractivity contribution is 7.88. The first kappa shape index (κ1) is 11.7. The van der Waals surface area contributed by atoms with Crippen molar-refractivity contribution in [1.29, 1.82) is 0 Å². The van der Waals surface area contributed by atoms with Gasteiger partial charge in [-0.25, -0.2) is 23.1 Å². The number of anilines is 2. The number of nitrogen functional groups attached to an aromatic ring is 1. The molecule has 7 nitrogen and oxygen atoms in total. The smallest absolute Gasteiger partial charge is 0.208 e. The van der Waals surface area contributed by atoms with Crippen LogP contribution in [0.15, 0.2) is 12.4 Å². The maximum atomic E-state index is 10.7. The molecule has 0 saturated carbocycles. The molecule has 0 saturated heterocycles. The largest absolute Gasteiger partial charge is 0.384 e. The fourth-order valence-corrected chi connectivity index (χ4v) is 1.37. The zero-order chi connectivity index (χ0) is 11.3. The van der Waals surface area contributed by atoms with Gasteiger partial charge in [0, 0.05) is 19.2 Å². The monoisotopic (exact) mass is 231 g/mol. The Morgan fingerprint density at radius 1 is 1.40 bits per heavy atom. The zero-order valence-corrected chi connectivity index (χ0v) is 9.08. The van der Waals surface area contributed by atoms with Crippen molar-refractivity contribution in [2.75, 3.05) is 30.4 Å². The van der Waals surface area contributed by atoms with Crippen LogP contribution in [0.1, 0.15) is 0 Å². The van der Waals surface area contributed by atoms with Crippen LogP contribution < -0.4 is 15.8 Å². The van der Waals surface area contributed by atoms with Crippen molar-refractivity contribution in [2.45, 2.75) is 0 Å². The van der Waals surface area contributed by atoms with Gasteiger partial charge in [0.1, 0.15) is 18.0 Å². The summed E-state index contributed by atoms with van der Waals surface area (Å²) in [5.41, 5.74) is 5.43. The standard InChI is InChI=1S/C7H13N5O2S/c1-15(13,14)12-3-2-9-7-4-6(8)10-5-11-7/h4-5,12H,2-3H2,1H3,(H3,8,9,10,11). The van der Waals surface area contributed by atoms with Crippen LogP contribution in [0.25, 0.3) is 0 Å². The Morgan fingerprint density at radius 2 is 2.13 bits per heavy atom. The molecule has 1 aromatic heterocycles. The number of hydrogen-bond acceptors (Lipinski definition) is 6. The van der Waals surface area contributed by atoms with Gasteiger partial charge in [-0.05, 0) is 0 Å². The Bertz CT molecular complexity index is 419. The molecule has 0 aliphatic carbocycles. The SMILES string of the molecule is CS(=O)(=O)NCCNc1cc(N)ncn1. The van der Waals surface area contributed by atoms with E-state index in [0.717, 1.165) is 6.26 Å². The Balaban J connectivity index is 2.32. The molecule has 4 N–H and O–H groups in total. The van der Waals surface area contributed by atoms with Crippen LogP contribution in [-0.2, 0) is 10.0 Å². The van der Waals surface area contributed by atoms with Gasteiger partial charge in [-0.2, -0.15) is 0 Å². The maximum Gasteiger partial charge on any atom is 0.208 e. The third-order valence-electron chi connectivity index (χ3n) is 1.48. The number of nitrogens with two attached hydrogens (primary N) is 1. The Labute approximate surface area is 88.2 Å². The van der Waals surface area contributed by atoms with Gasteiger partial charge >= 0.3 is 0 Å². The third-order valence-corrected chi connectivity index (χ3v) is 2.21. The van der Waals surface area contributed by atoms with E-state index in [-0.39, 0.29) is 0 Å². The normalized spacial score (nSPS) is 11.3. The highest BCUT2D eigenvalue weighted by Gasteiger charge is 1.99. The minimum Gasteiger partial charge on any atom is -0.384 e. The van der Waals surface area contributed by atoms with Crippen LogP contribution in [0.4, 0.5) is 11.6 Å². The van der Waals surface area contributed by atoms with E-state index in [9.17, 15) is 8.42 Å². The number of nitrogens with one attached hydrogen (secondary N) is 2. The third kappa shape index (κ3) is 5.13. The molecule has 0 fully saturated rings. The molecule has 8 heteroatoms.